The molecule has 5 heteroatoms. The molecule has 1 aromatic carbocycles. The van der Waals surface area contributed by atoms with Crippen LogP contribution >= 0.6 is 0 Å². The van der Waals surface area contributed by atoms with Gasteiger partial charge in [-0.05, 0) is 43.7 Å². The number of ether oxygens (including phenoxy) is 1. The number of rotatable bonds is 5. The largest absolute Gasteiger partial charge is 0.465 e. The number of hydrogen-bond acceptors (Lipinski definition) is 4. The number of methoxy groups -OCH3 is 1. The highest BCUT2D eigenvalue weighted by Crippen LogP contribution is 2.15. The number of aromatic nitrogens is 1. The second-order valence-electron chi connectivity index (χ2n) is 5.83. The van der Waals surface area contributed by atoms with Gasteiger partial charge in [0.1, 0.15) is 0 Å². The van der Waals surface area contributed by atoms with Crippen molar-refractivity contribution >= 4 is 11.9 Å². The summed E-state index contributed by atoms with van der Waals surface area (Å²) in [6.45, 7) is 3.97. The van der Waals surface area contributed by atoms with E-state index in [1.165, 1.54) is 7.11 Å². The van der Waals surface area contributed by atoms with Crippen LogP contribution in [0.3, 0.4) is 0 Å². The SMILES string of the molecule is COC(=O)c1ccccc1C(=O)N(C)[C@@H](C)Cc1cc(C)ccn1. The standard InChI is InChI=1S/C19H22N2O3/c1-13-9-10-20-15(11-13)12-14(2)21(3)18(22)16-7-5-6-8-17(16)19(23)24-4/h5-11,14H,12H2,1-4H3/t14-/m0/s1. The summed E-state index contributed by atoms with van der Waals surface area (Å²) in [5.41, 5.74) is 2.69. The Hall–Kier alpha value is -2.69. The lowest BCUT2D eigenvalue weighted by Gasteiger charge is -2.25. The van der Waals surface area contributed by atoms with Gasteiger partial charge in [-0.2, -0.15) is 0 Å². The fourth-order valence-corrected chi connectivity index (χ4v) is 2.50. The monoisotopic (exact) mass is 326 g/mol. The predicted octanol–water partition coefficient (Wildman–Crippen LogP) is 2.88. The molecule has 1 heterocycles. The minimum Gasteiger partial charge on any atom is -0.465 e. The van der Waals surface area contributed by atoms with E-state index in [9.17, 15) is 9.59 Å². The van der Waals surface area contributed by atoms with Gasteiger partial charge in [0, 0.05) is 31.4 Å². The summed E-state index contributed by atoms with van der Waals surface area (Å²) >= 11 is 0. The summed E-state index contributed by atoms with van der Waals surface area (Å²) in [6, 6.07) is 10.6. The zero-order chi connectivity index (χ0) is 17.7. The Morgan fingerprint density at radius 1 is 1.21 bits per heavy atom. The minimum absolute atomic E-state index is 0.0579. The zero-order valence-electron chi connectivity index (χ0n) is 14.4. The van der Waals surface area contributed by atoms with Gasteiger partial charge in [-0.3, -0.25) is 9.78 Å². The van der Waals surface area contributed by atoms with Crippen LogP contribution < -0.4 is 0 Å². The number of nitrogens with zero attached hydrogens (tertiary/aromatic N) is 2. The molecule has 0 saturated heterocycles. The summed E-state index contributed by atoms with van der Waals surface area (Å²) in [5, 5.41) is 0. The molecule has 0 N–H and O–H groups in total. The van der Waals surface area contributed by atoms with Crippen LogP contribution in [0.15, 0.2) is 42.6 Å². The molecule has 1 amide bonds. The van der Waals surface area contributed by atoms with Crippen molar-refractivity contribution in [1.82, 2.24) is 9.88 Å². The molecular formula is C19H22N2O3. The van der Waals surface area contributed by atoms with E-state index >= 15 is 0 Å². The van der Waals surface area contributed by atoms with Crippen LogP contribution in [-0.2, 0) is 11.2 Å². The number of amides is 1. The van der Waals surface area contributed by atoms with Gasteiger partial charge < -0.3 is 9.64 Å². The molecule has 0 fully saturated rings. The average molecular weight is 326 g/mol. The molecule has 2 aromatic rings. The zero-order valence-corrected chi connectivity index (χ0v) is 14.4. The van der Waals surface area contributed by atoms with Crippen molar-refractivity contribution < 1.29 is 14.3 Å². The maximum atomic E-state index is 12.8. The number of carbonyl (C=O) groups is 2. The molecule has 2 rings (SSSR count). The lowest BCUT2D eigenvalue weighted by atomic mass is 10.0. The van der Waals surface area contributed by atoms with Crippen molar-refractivity contribution in [3.63, 3.8) is 0 Å². The molecule has 1 aromatic heterocycles. The quantitative estimate of drug-likeness (QED) is 0.793. The van der Waals surface area contributed by atoms with Crippen LogP contribution in [0.5, 0.6) is 0 Å². The van der Waals surface area contributed by atoms with Crippen LogP contribution in [0.4, 0.5) is 0 Å². The molecule has 0 aliphatic heterocycles. The van der Waals surface area contributed by atoms with Crippen molar-refractivity contribution in [1.29, 1.82) is 0 Å². The Bertz CT molecular complexity index is 743. The van der Waals surface area contributed by atoms with Gasteiger partial charge >= 0.3 is 5.97 Å². The van der Waals surface area contributed by atoms with Gasteiger partial charge in [0.05, 0.1) is 18.2 Å². The smallest absolute Gasteiger partial charge is 0.338 e. The van der Waals surface area contributed by atoms with Crippen molar-refractivity contribution in [3.8, 4) is 0 Å². The van der Waals surface area contributed by atoms with Crippen molar-refractivity contribution in [2.75, 3.05) is 14.2 Å². The van der Waals surface area contributed by atoms with Gasteiger partial charge in [0.25, 0.3) is 5.91 Å². The Labute approximate surface area is 142 Å². The summed E-state index contributed by atoms with van der Waals surface area (Å²) in [7, 11) is 3.04. The highest BCUT2D eigenvalue weighted by molar-refractivity contribution is 6.05. The molecule has 0 aliphatic rings. The van der Waals surface area contributed by atoms with E-state index in [1.807, 2.05) is 26.0 Å². The lowest BCUT2D eigenvalue weighted by Crippen LogP contribution is -2.37. The summed E-state index contributed by atoms with van der Waals surface area (Å²) in [6.07, 6.45) is 2.41. The minimum atomic E-state index is -0.514. The average Bonchev–Trinajstić information content (AvgIpc) is 2.59. The number of hydrogen-bond donors (Lipinski definition) is 0. The van der Waals surface area contributed by atoms with Crippen LogP contribution in [0.25, 0.3) is 0 Å². The Balaban J connectivity index is 2.19. The van der Waals surface area contributed by atoms with Crippen LogP contribution in [0, 0.1) is 6.92 Å². The van der Waals surface area contributed by atoms with Gasteiger partial charge in [-0.1, -0.05) is 12.1 Å². The molecule has 1 atom stereocenters. The van der Waals surface area contributed by atoms with Gasteiger partial charge in [-0.25, -0.2) is 4.79 Å². The summed E-state index contributed by atoms with van der Waals surface area (Å²) < 4.78 is 4.76. The van der Waals surface area contributed by atoms with Crippen molar-refractivity contribution in [3.05, 3.63) is 65.0 Å². The number of benzene rings is 1. The van der Waals surface area contributed by atoms with E-state index in [0.29, 0.717) is 12.0 Å². The molecule has 0 spiro atoms. The van der Waals surface area contributed by atoms with E-state index in [-0.39, 0.29) is 17.5 Å². The molecule has 24 heavy (non-hydrogen) atoms. The molecular weight excluding hydrogens is 304 g/mol. The molecule has 0 saturated carbocycles. The molecule has 0 bridgehead atoms. The summed E-state index contributed by atoms with van der Waals surface area (Å²) in [5.74, 6) is -0.725. The van der Waals surface area contributed by atoms with Crippen LogP contribution in [-0.4, -0.2) is 42.0 Å². The lowest BCUT2D eigenvalue weighted by molar-refractivity contribution is 0.0589. The Morgan fingerprint density at radius 3 is 2.50 bits per heavy atom. The Kier molecular flexibility index (Phi) is 5.68. The van der Waals surface area contributed by atoms with E-state index in [2.05, 4.69) is 4.98 Å². The van der Waals surface area contributed by atoms with E-state index in [1.54, 1.807) is 42.4 Å². The molecule has 126 valence electrons. The van der Waals surface area contributed by atoms with Crippen molar-refractivity contribution in [2.45, 2.75) is 26.3 Å². The first-order valence-corrected chi connectivity index (χ1v) is 7.80. The first-order chi connectivity index (χ1) is 11.4. The highest BCUT2D eigenvalue weighted by atomic mass is 16.5. The van der Waals surface area contributed by atoms with Crippen molar-refractivity contribution in [2.24, 2.45) is 0 Å². The fraction of sp³-hybridized carbons (Fsp3) is 0.316. The topological polar surface area (TPSA) is 59.5 Å². The Morgan fingerprint density at radius 2 is 1.88 bits per heavy atom. The van der Waals surface area contributed by atoms with Gasteiger partial charge in [0.2, 0.25) is 0 Å². The molecule has 0 unspecified atom stereocenters. The maximum Gasteiger partial charge on any atom is 0.338 e. The number of pyridine rings is 1. The third kappa shape index (κ3) is 3.98. The predicted molar refractivity (Wildman–Crippen MR) is 92.0 cm³/mol. The number of esters is 1. The third-order valence-electron chi connectivity index (χ3n) is 4.02. The highest BCUT2D eigenvalue weighted by Gasteiger charge is 2.23. The molecule has 0 aliphatic carbocycles. The van der Waals surface area contributed by atoms with Gasteiger partial charge in [-0.15, -0.1) is 0 Å². The second kappa shape index (κ2) is 7.73. The van der Waals surface area contributed by atoms with E-state index < -0.39 is 5.97 Å². The van der Waals surface area contributed by atoms with E-state index in [4.69, 9.17) is 4.74 Å². The first-order valence-electron chi connectivity index (χ1n) is 7.80. The fourth-order valence-electron chi connectivity index (χ4n) is 2.50. The number of aryl methyl sites for hydroxylation is 1. The first kappa shape index (κ1) is 17.7. The number of carbonyl (C=O) groups excluding carboxylic acids is 2. The molecule has 5 nitrogen and oxygen atoms in total. The second-order valence-corrected chi connectivity index (χ2v) is 5.83. The van der Waals surface area contributed by atoms with Crippen LogP contribution in [0.1, 0.15) is 38.9 Å². The third-order valence-corrected chi connectivity index (χ3v) is 4.02. The normalized spacial score (nSPS) is 11.7. The maximum absolute atomic E-state index is 12.8. The van der Waals surface area contributed by atoms with E-state index in [0.717, 1.165) is 11.3 Å². The number of likely N-dealkylation sites (N-methyl/N-ethyl adjacent to an activating group) is 1. The summed E-state index contributed by atoms with van der Waals surface area (Å²) in [4.78, 5) is 30.6. The molecule has 0 radical (unpaired) electrons. The van der Waals surface area contributed by atoms with Gasteiger partial charge in [0.15, 0.2) is 0 Å². The van der Waals surface area contributed by atoms with Crippen LogP contribution in [0.2, 0.25) is 0 Å².